The van der Waals surface area contributed by atoms with Crippen molar-refractivity contribution in [1.29, 1.82) is 5.26 Å². The Labute approximate surface area is 247 Å². The monoisotopic (exact) mass is 559 g/mol. The third-order valence-electron chi connectivity index (χ3n) is 6.99. The summed E-state index contributed by atoms with van der Waals surface area (Å²) in [5, 5.41) is 16.2. The van der Waals surface area contributed by atoms with Gasteiger partial charge in [0, 0.05) is 43.9 Å². The van der Waals surface area contributed by atoms with E-state index in [-0.39, 0.29) is 5.60 Å². The molecule has 0 aromatic heterocycles. The number of nitrogens with one attached hydrogen (secondary N) is 1. The van der Waals surface area contributed by atoms with Gasteiger partial charge in [-0.3, -0.25) is 4.90 Å². The van der Waals surface area contributed by atoms with Crippen LogP contribution < -0.4 is 5.32 Å². The van der Waals surface area contributed by atoms with E-state index in [4.69, 9.17) is 14.2 Å². The molecule has 222 valence electrons. The molecule has 0 spiro atoms. The Morgan fingerprint density at radius 2 is 1.78 bits per heavy atom. The summed E-state index contributed by atoms with van der Waals surface area (Å²) in [7, 11) is 0. The summed E-state index contributed by atoms with van der Waals surface area (Å²) in [4.78, 5) is 2.43. The number of anilines is 1. The molecule has 1 N–H and O–H groups in total. The van der Waals surface area contributed by atoms with E-state index in [0.29, 0.717) is 24.4 Å². The molecule has 1 saturated heterocycles. The molecule has 41 heavy (non-hydrogen) atoms. The summed E-state index contributed by atoms with van der Waals surface area (Å²) in [6.07, 6.45) is 7.46. The second kappa shape index (κ2) is 15.2. The van der Waals surface area contributed by atoms with Crippen molar-refractivity contribution < 1.29 is 14.2 Å². The molecule has 6 nitrogen and oxygen atoms in total. The SMILES string of the molecule is C\C=C/C(=C(C#N)\C(=C\CC)OC(C)(C)CCOC(C)(C)C)c1ccc2cc(NCCN3CCOCC3)ccc2c1. The third-order valence-corrected chi connectivity index (χ3v) is 6.99. The van der Waals surface area contributed by atoms with Gasteiger partial charge in [0.1, 0.15) is 23.0 Å². The van der Waals surface area contributed by atoms with Crippen molar-refractivity contribution in [3.8, 4) is 6.07 Å². The molecule has 1 fully saturated rings. The number of fused-ring (bicyclic) bond motifs is 1. The molecule has 0 aliphatic carbocycles. The van der Waals surface area contributed by atoms with Crippen LogP contribution >= 0.6 is 0 Å². The predicted molar refractivity (Wildman–Crippen MR) is 171 cm³/mol. The fourth-order valence-electron chi connectivity index (χ4n) is 4.78. The molecule has 0 unspecified atom stereocenters. The van der Waals surface area contributed by atoms with Gasteiger partial charge < -0.3 is 19.5 Å². The number of benzene rings is 2. The van der Waals surface area contributed by atoms with Gasteiger partial charge in [-0.2, -0.15) is 5.26 Å². The molecule has 1 aliphatic rings. The van der Waals surface area contributed by atoms with E-state index in [1.165, 1.54) is 0 Å². The Balaban J connectivity index is 1.83. The van der Waals surface area contributed by atoms with Crippen LogP contribution in [0.3, 0.4) is 0 Å². The van der Waals surface area contributed by atoms with E-state index in [0.717, 1.165) is 73.4 Å². The third kappa shape index (κ3) is 10.3. The van der Waals surface area contributed by atoms with Gasteiger partial charge in [0.2, 0.25) is 0 Å². The Morgan fingerprint density at radius 3 is 2.44 bits per heavy atom. The van der Waals surface area contributed by atoms with E-state index in [1.807, 2.05) is 25.2 Å². The van der Waals surface area contributed by atoms with Crippen molar-refractivity contribution in [3.05, 3.63) is 71.5 Å². The summed E-state index contributed by atoms with van der Waals surface area (Å²) in [6, 6.07) is 15.3. The van der Waals surface area contributed by atoms with Crippen LogP contribution in [0.2, 0.25) is 0 Å². The highest BCUT2D eigenvalue weighted by Crippen LogP contribution is 2.32. The first-order chi connectivity index (χ1) is 19.5. The number of morpholine rings is 1. The van der Waals surface area contributed by atoms with Crippen molar-refractivity contribution in [3.63, 3.8) is 0 Å². The largest absolute Gasteiger partial charge is 0.487 e. The lowest BCUT2D eigenvalue weighted by Gasteiger charge is -2.30. The molecular weight excluding hydrogens is 510 g/mol. The predicted octanol–water partition coefficient (Wildman–Crippen LogP) is 7.73. The minimum absolute atomic E-state index is 0.204. The molecule has 2 aromatic carbocycles. The molecule has 6 heteroatoms. The second-order valence-electron chi connectivity index (χ2n) is 12.1. The Kier molecular flexibility index (Phi) is 12.0. The number of hydrogen-bond acceptors (Lipinski definition) is 6. The number of ether oxygens (including phenoxy) is 3. The first kappa shape index (κ1) is 32.4. The average Bonchev–Trinajstić information content (AvgIpc) is 2.92. The maximum atomic E-state index is 10.4. The standard InChI is InChI=1S/C35H49N3O3/c1-8-10-31(32(26-36)33(11-9-2)41-35(6,7)16-21-40-34(3,4)5)29-13-12-28-25-30(15-14-27(28)24-29)37-17-18-38-19-22-39-23-20-38/h8,10-15,24-25,37H,9,16-23H2,1-7H3/b10-8-,32-31+,33-11-. The van der Waals surface area contributed by atoms with Gasteiger partial charge in [-0.05, 0) is 88.6 Å². The molecule has 0 atom stereocenters. The highest BCUT2D eigenvalue weighted by molar-refractivity contribution is 5.91. The van der Waals surface area contributed by atoms with Crippen LogP contribution in [-0.4, -0.2) is 62.1 Å². The zero-order valence-electron chi connectivity index (χ0n) is 26.2. The lowest BCUT2D eigenvalue weighted by Crippen LogP contribution is -2.38. The normalized spacial score (nSPS) is 16.1. The Morgan fingerprint density at radius 1 is 1.07 bits per heavy atom. The van der Waals surface area contributed by atoms with Crippen molar-refractivity contribution in [2.75, 3.05) is 51.3 Å². The lowest BCUT2D eigenvalue weighted by atomic mass is 9.95. The maximum Gasteiger partial charge on any atom is 0.134 e. The number of nitriles is 1. The minimum Gasteiger partial charge on any atom is -0.487 e. The summed E-state index contributed by atoms with van der Waals surface area (Å²) in [5.41, 5.74) is 2.79. The fourth-order valence-corrected chi connectivity index (χ4v) is 4.78. The molecule has 1 aliphatic heterocycles. The van der Waals surface area contributed by atoms with Crippen LogP contribution in [0.1, 0.15) is 66.9 Å². The molecule has 0 radical (unpaired) electrons. The molecule has 3 rings (SSSR count). The van der Waals surface area contributed by atoms with Crippen LogP contribution in [-0.2, 0) is 14.2 Å². The molecular formula is C35H49N3O3. The first-order valence-corrected chi connectivity index (χ1v) is 14.9. The smallest absolute Gasteiger partial charge is 0.134 e. The molecule has 2 aromatic rings. The van der Waals surface area contributed by atoms with E-state index in [1.54, 1.807) is 0 Å². The summed E-state index contributed by atoms with van der Waals surface area (Å²) in [6.45, 7) is 20.4. The number of hydrogen-bond donors (Lipinski definition) is 1. The summed E-state index contributed by atoms with van der Waals surface area (Å²) < 4.78 is 17.9. The molecule has 0 saturated carbocycles. The lowest BCUT2D eigenvalue weighted by molar-refractivity contribution is -0.0441. The Bertz CT molecular complexity index is 1270. The van der Waals surface area contributed by atoms with Crippen LogP contribution in [0, 0.1) is 11.3 Å². The van der Waals surface area contributed by atoms with Crippen LogP contribution in [0.15, 0.2) is 66.0 Å². The summed E-state index contributed by atoms with van der Waals surface area (Å²) in [5.74, 6) is 0.615. The number of rotatable bonds is 13. The van der Waals surface area contributed by atoms with Gasteiger partial charge in [0.25, 0.3) is 0 Å². The highest BCUT2D eigenvalue weighted by atomic mass is 16.5. The van der Waals surface area contributed by atoms with Crippen LogP contribution in [0.4, 0.5) is 5.69 Å². The van der Waals surface area contributed by atoms with Crippen molar-refractivity contribution >= 4 is 22.0 Å². The van der Waals surface area contributed by atoms with Crippen molar-refractivity contribution in [1.82, 2.24) is 4.90 Å². The fraction of sp³-hybridized carbons (Fsp3) is 0.514. The van der Waals surface area contributed by atoms with Crippen molar-refractivity contribution in [2.24, 2.45) is 0 Å². The van der Waals surface area contributed by atoms with Gasteiger partial charge in [-0.1, -0.05) is 37.3 Å². The Hall–Kier alpha value is -3.11. The zero-order valence-corrected chi connectivity index (χ0v) is 26.2. The summed E-state index contributed by atoms with van der Waals surface area (Å²) >= 11 is 0. The van der Waals surface area contributed by atoms with E-state index < -0.39 is 5.60 Å². The zero-order chi connectivity index (χ0) is 29.9. The molecule has 0 amide bonds. The van der Waals surface area contributed by atoms with Gasteiger partial charge in [0.05, 0.1) is 25.4 Å². The minimum atomic E-state index is -0.496. The first-order valence-electron chi connectivity index (χ1n) is 14.9. The van der Waals surface area contributed by atoms with Crippen LogP contribution in [0.5, 0.6) is 0 Å². The highest BCUT2D eigenvalue weighted by Gasteiger charge is 2.25. The topological polar surface area (TPSA) is 66.8 Å². The van der Waals surface area contributed by atoms with Gasteiger partial charge in [0.15, 0.2) is 0 Å². The van der Waals surface area contributed by atoms with E-state index in [9.17, 15) is 5.26 Å². The average molecular weight is 560 g/mol. The van der Waals surface area contributed by atoms with Crippen molar-refractivity contribution in [2.45, 2.75) is 72.5 Å². The number of allylic oxidation sites excluding steroid dienone is 5. The van der Waals surface area contributed by atoms with E-state index >= 15 is 0 Å². The van der Waals surface area contributed by atoms with Crippen LogP contribution in [0.25, 0.3) is 16.3 Å². The second-order valence-corrected chi connectivity index (χ2v) is 12.1. The molecule has 1 heterocycles. The quantitative estimate of drug-likeness (QED) is 0.154. The maximum absolute atomic E-state index is 10.4. The van der Waals surface area contributed by atoms with Gasteiger partial charge in [-0.25, -0.2) is 0 Å². The van der Waals surface area contributed by atoms with Gasteiger partial charge in [-0.15, -0.1) is 0 Å². The van der Waals surface area contributed by atoms with E-state index in [2.05, 4.69) is 94.2 Å². The molecule has 0 bridgehead atoms. The number of nitrogens with zero attached hydrogens (tertiary/aromatic N) is 2. The van der Waals surface area contributed by atoms with Gasteiger partial charge >= 0.3 is 0 Å².